The molecule has 140 valence electrons. The van der Waals surface area contributed by atoms with Crippen LogP contribution in [0, 0.1) is 0 Å². The zero-order valence-corrected chi connectivity index (χ0v) is 14.6. The highest BCUT2D eigenvalue weighted by Crippen LogP contribution is 2.14. The lowest BCUT2D eigenvalue weighted by atomic mass is 10.1. The lowest BCUT2D eigenvalue weighted by molar-refractivity contribution is -0.199. The van der Waals surface area contributed by atoms with Crippen molar-refractivity contribution >= 4 is 23.9 Å². The second-order valence-electron chi connectivity index (χ2n) is 5.89. The van der Waals surface area contributed by atoms with Gasteiger partial charge in [-0.1, -0.05) is 50.1 Å². The monoisotopic (exact) mass is 362 g/mol. The molecule has 0 radical (unpaired) electrons. The summed E-state index contributed by atoms with van der Waals surface area (Å²) < 4.78 is 5.10. The molecule has 1 saturated heterocycles. The molecule has 1 N–H and O–H groups in total. The maximum Gasteiger partial charge on any atom is 0.408 e. The van der Waals surface area contributed by atoms with Gasteiger partial charge in [0.15, 0.2) is 0 Å². The summed E-state index contributed by atoms with van der Waals surface area (Å²) >= 11 is 0. The molecular formula is C18H22N2O6. The Bertz CT molecular complexity index is 645. The van der Waals surface area contributed by atoms with Crippen LogP contribution in [0.15, 0.2) is 30.3 Å². The van der Waals surface area contributed by atoms with E-state index >= 15 is 0 Å². The van der Waals surface area contributed by atoms with Gasteiger partial charge in [0.1, 0.15) is 12.6 Å². The molecule has 1 atom stereocenters. The predicted octanol–water partition coefficient (Wildman–Crippen LogP) is 2.08. The minimum Gasteiger partial charge on any atom is -0.445 e. The lowest BCUT2D eigenvalue weighted by Crippen LogP contribution is -2.45. The van der Waals surface area contributed by atoms with Crippen molar-refractivity contribution in [1.82, 2.24) is 10.4 Å². The van der Waals surface area contributed by atoms with Gasteiger partial charge < -0.3 is 14.9 Å². The molecule has 8 heteroatoms. The molecule has 2 rings (SSSR count). The number of unbranched alkanes of at least 4 members (excludes halogenated alkanes) is 1. The summed E-state index contributed by atoms with van der Waals surface area (Å²) in [5.74, 6) is -1.99. The van der Waals surface area contributed by atoms with Gasteiger partial charge in [0.2, 0.25) is 0 Å². The number of imide groups is 1. The van der Waals surface area contributed by atoms with Crippen LogP contribution in [0.3, 0.4) is 0 Å². The number of amides is 3. The fraction of sp³-hybridized carbons (Fsp3) is 0.444. The van der Waals surface area contributed by atoms with Crippen LogP contribution >= 0.6 is 0 Å². The van der Waals surface area contributed by atoms with E-state index in [1.165, 1.54) is 0 Å². The predicted molar refractivity (Wildman–Crippen MR) is 90.3 cm³/mol. The molecule has 3 amide bonds. The molecule has 26 heavy (non-hydrogen) atoms. The number of nitrogens with zero attached hydrogens (tertiary/aromatic N) is 1. The molecule has 1 aliphatic rings. The van der Waals surface area contributed by atoms with Crippen LogP contribution in [0.5, 0.6) is 0 Å². The Morgan fingerprint density at radius 1 is 1.15 bits per heavy atom. The van der Waals surface area contributed by atoms with E-state index in [0.29, 0.717) is 17.9 Å². The number of hydroxylamine groups is 2. The third kappa shape index (κ3) is 5.58. The van der Waals surface area contributed by atoms with Gasteiger partial charge >= 0.3 is 12.1 Å². The topological polar surface area (TPSA) is 102 Å². The summed E-state index contributed by atoms with van der Waals surface area (Å²) in [6.07, 6.45) is 1.01. The molecule has 0 spiro atoms. The SMILES string of the molecule is CCCC[C@@H](NC(=O)OCc1ccccc1)C(=O)ON1C(=O)CCC1=O. The van der Waals surface area contributed by atoms with Gasteiger partial charge in [-0.05, 0) is 12.0 Å². The highest BCUT2D eigenvalue weighted by molar-refractivity contribution is 6.01. The third-order valence-electron chi connectivity index (χ3n) is 3.82. The van der Waals surface area contributed by atoms with Crippen molar-refractivity contribution < 1.29 is 28.8 Å². The molecule has 0 bridgehead atoms. The average molecular weight is 362 g/mol. The van der Waals surface area contributed by atoms with E-state index in [-0.39, 0.29) is 19.4 Å². The Hall–Kier alpha value is -2.90. The van der Waals surface area contributed by atoms with Gasteiger partial charge in [-0.3, -0.25) is 9.59 Å². The Kier molecular flexibility index (Phi) is 7.13. The molecule has 1 aromatic rings. The molecule has 0 saturated carbocycles. The maximum absolute atomic E-state index is 12.3. The van der Waals surface area contributed by atoms with E-state index in [9.17, 15) is 19.2 Å². The van der Waals surface area contributed by atoms with Crippen molar-refractivity contribution in [3.05, 3.63) is 35.9 Å². The number of hydrogen-bond acceptors (Lipinski definition) is 6. The van der Waals surface area contributed by atoms with Crippen LogP contribution in [0.2, 0.25) is 0 Å². The number of nitrogens with one attached hydrogen (secondary N) is 1. The first kappa shape index (κ1) is 19.4. The van der Waals surface area contributed by atoms with Gasteiger partial charge in [0, 0.05) is 12.8 Å². The van der Waals surface area contributed by atoms with Crippen molar-refractivity contribution in [2.75, 3.05) is 0 Å². The van der Waals surface area contributed by atoms with Crippen molar-refractivity contribution in [2.24, 2.45) is 0 Å². The molecule has 1 aliphatic heterocycles. The van der Waals surface area contributed by atoms with Crippen molar-refractivity contribution in [3.8, 4) is 0 Å². The number of ether oxygens (including phenoxy) is 1. The van der Waals surface area contributed by atoms with E-state index in [0.717, 1.165) is 12.0 Å². The Balaban J connectivity index is 1.90. The molecule has 1 fully saturated rings. The van der Waals surface area contributed by atoms with Crippen LogP contribution in [0.25, 0.3) is 0 Å². The van der Waals surface area contributed by atoms with E-state index in [1.807, 2.05) is 25.1 Å². The number of carbonyl (C=O) groups is 4. The highest BCUT2D eigenvalue weighted by Gasteiger charge is 2.35. The molecule has 0 aromatic heterocycles. The number of rotatable bonds is 8. The number of carbonyl (C=O) groups excluding carboxylic acids is 4. The quantitative estimate of drug-likeness (QED) is 0.711. The zero-order chi connectivity index (χ0) is 18.9. The van der Waals surface area contributed by atoms with Gasteiger partial charge in [0.25, 0.3) is 11.8 Å². The number of alkyl carbamates (subject to hydrolysis) is 1. The third-order valence-corrected chi connectivity index (χ3v) is 3.82. The Labute approximate surface area is 151 Å². The first-order valence-electron chi connectivity index (χ1n) is 8.56. The zero-order valence-electron chi connectivity index (χ0n) is 14.6. The summed E-state index contributed by atoms with van der Waals surface area (Å²) in [5.41, 5.74) is 0.809. The molecule has 0 unspecified atom stereocenters. The average Bonchev–Trinajstić information content (AvgIpc) is 2.96. The van der Waals surface area contributed by atoms with Crippen LogP contribution in [0.1, 0.15) is 44.6 Å². The first-order chi connectivity index (χ1) is 12.5. The standard InChI is InChI=1S/C18H22N2O6/c1-2-3-9-14(17(23)26-20-15(21)10-11-16(20)22)19-18(24)25-12-13-7-5-4-6-8-13/h4-8,14H,2-3,9-12H2,1H3,(H,19,24)/t14-/m1/s1. The van der Waals surface area contributed by atoms with Gasteiger partial charge in [-0.2, -0.15) is 0 Å². The minimum atomic E-state index is -1.00. The summed E-state index contributed by atoms with van der Waals surface area (Å²) in [6, 6.07) is 8.10. The van der Waals surface area contributed by atoms with Crippen LogP contribution in [0.4, 0.5) is 4.79 Å². The fourth-order valence-corrected chi connectivity index (χ4v) is 2.38. The molecule has 0 aliphatic carbocycles. The van der Waals surface area contributed by atoms with Crippen LogP contribution in [-0.4, -0.2) is 35.0 Å². The van der Waals surface area contributed by atoms with Gasteiger partial charge in [0.05, 0.1) is 0 Å². The van der Waals surface area contributed by atoms with Crippen molar-refractivity contribution in [1.29, 1.82) is 0 Å². The van der Waals surface area contributed by atoms with Crippen LogP contribution < -0.4 is 5.32 Å². The van der Waals surface area contributed by atoms with E-state index < -0.39 is 29.9 Å². The summed E-state index contributed by atoms with van der Waals surface area (Å²) in [4.78, 5) is 52.2. The molecular weight excluding hydrogens is 340 g/mol. The lowest BCUT2D eigenvalue weighted by Gasteiger charge is -2.19. The summed E-state index contributed by atoms with van der Waals surface area (Å²) in [7, 11) is 0. The van der Waals surface area contributed by atoms with Gasteiger partial charge in [-0.15, -0.1) is 5.06 Å². The second-order valence-corrected chi connectivity index (χ2v) is 5.89. The summed E-state index contributed by atoms with van der Waals surface area (Å²) in [5, 5.41) is 2.91. The number of benzene rings is 1. The van der Waals surface area contributed by atoms with E-state index in [4.69, 9.17) is 9.57 Å². The molecule has 8 nitrogen and oxygen atoms in total. The first-order valence-corrected chi connectivity index (χ1v) is 8.56. The van der Waals surface area contributed by atoms with Gasteiger partial charge in [-0.25, -0.2) is 9.59 Å². The second kappa shape index (κ2) is 9.55. The largest absolute Gasteiger partial charge is 0.445 e. The summed E-state index contributed by atoms with van der Waals surface area (Å²) in [6.45, 7) is 1.99. The fourth-order valence-electron chi connectivity index (χ4n) is 2.38. The molecule has 1 aromatic carbocycles. The smallest absolute Gasteiger partial charge is 0.408 e. The Morgan fingerprint density at radius 3 is 2.42 bits per heavy atom. The maximum atomic E-state index is 12.3. The van der Waals surface area contributed by atoms with Crippen molar-refractivity contribution in [2.45, 2.75) is 51.7 Å². The van der Waals surface area contributed by atoms with Crippen LogP contribution in [-0.2, 0) is 30.6 Å². The normalized spacial score (nSPS) is 14.9. The van der Waals surface area contributed by atoms with E-state index in [2.05, 4.69) is 5.32 Å². The molecule has 1 heterocycles. The van der Waals surface area contributed by atoms with E-state index in [1.54, 1.807) is 12.1 Å². The minimum absolute atomic E-state index is 0.0122. The Morgan fingerprint density at radius 2 is 1.81 bits per heavy atom. The number of hydrogen-bond donors (Lipinski definition) is 1. The highest BCUT2D eigenvalue weighted by atomic mass is 16.7. The van der Waals surface area contributed by atoms with Crippen molar-refractivity contribution in [3.63, 3.8) is 0 Å².